The lowest BCUT2D eigenvalue weighted by atomic mass is 9.98. The number of aromatic amines is 4. The highest BCUT2D eigenvalue weighted by Gasteiger charge is 2.21. The quantitative estimate of drug-likeness (QED) is 0.0542. The van der Waals surface area contributed by atoms with Gasteiger partial charge in [-0.3, -0.25) is 35.1 Å². The second kappa shape index (κ2) is 29.6. The van der Waals surface area contributed by atoms with Crippen molar-refractivity contribution in [3.63, 3.8) is 0 Å². The fourth-order valence-corrected chi connectivity index (χ4v) is 12.1. The molecule has 2 aliphatic heterocycles. The number of allylic oxidation sites excluding steroid dienone is 2. The predicted octanol–water partition coefficient (Wildman–Crippen LogP) is 14.2. The van der Waals surface area contributed by atoms with Crippen molar-refractivity contribution in [3.05, 3.63) is 226 Å². The first kappa shape index (κ1) is 62.0. The molecule has 8 aromatic heterocycles. The number of fused-ring (bicyclic) bond motifs is 2. The summed E-state index contributed by atoms with van der Waals surface area (Å²) in [7, 11) is 0. The molecule has 0 unspecified atom stereocenters. The first-order valence-corrected chi connectivity index (χ1v) is 31.5. The lowest BCUT2D eigenvalue weighted by Gasteiger charge is -2.14. The van der Waals surface area contributed by atoms with Crippen molar-refractivity contribution in [1.82, 2.24) is 65.1 Å². The third-order valence-corrected chi connectivity index (χ3v) is 16.7. The molecule has 0 spiro atoms. The van der Waals surface area contributed by atoms with Crippen molar-refractivity contribution in [2.75, 3.05) is 39.3 Å². The van der Waals surface area contributed by atoms with Gasteiger partial charge >= 0.3 is 0 Å². The molecule has 458 valence electrons. The van der Waals surface area contributed by atoms with Crippen molar-refractivity contribution in [1.29, 1.82) is 0 Å². The van der Waals surface area contributed by atoms with Gasteiger partial charge in [0.25, 0.3) is 0 Å². The van der Waals surface area contributed by atoms with E-state index in [2.05, 4.69) is 121 Å². The Bertz CT molecular complexity index is 4410. The summed E-state index contributed by atoms with van der Waals surface area (Å²) < 4.78 is 29.7. The number of nitrogens with one attached hydrogen (secondary N) is 4. The van der Waals surface area contributed by atoms with Gasteiger partial charge in [-0.25, -0.2) is 13.8 Å². The summed E-state index contributed by atoms with van der Waals surface area (Å²) >= 11 is 0. The van der Waals surface area contributed by atoms with Crippen LogP contribution < -0.4 is 10.6 Å². The molecule has 0 aliphatic carbocycles. The van der Waals surface area contributed by atoms with Gasteiger partial charge in [0.2, 0.25) is 0 Å². The first-order chi connectivity index (χ1) is 44.1. The Morgan fingerprint density at radius 2 is 1.33 bits per heavy atom. The number of hydrogen-bond acceptors (Lipinski definition) is 10. The standard InChI is InChI=1S/C40H40FN7.C32H32FN7.C2H6/c1-3-43-38(31-20-29(22-33(41)23-31)12-9-19-48-17-7-8-18-48)34-24-37(44-27(34)2)40-39-36(46-47-40)16-15-35(45-39)32-21-30(25-42-26-32)14-13-28-10-5-4-6-11-28;1-21(30-20-34-11-12-35-30)7-8-27-22(2)31(39-38-27)29-19-26-28(37-29)9-10-36-32(26)24-16-23(17-25(33)18-24)6-5-15-40-13-3-4-14-40;1-2/h3-6,10-11,15-16,20-26,44H,1,7-9,12-14,17-19H2,2H3,(H,46,47);7-12,16-20,37-38H,2-6,13-15H2,1H3;1-2H3/b;21-7+,27-8+;. The van der Waals surface area contributed by atoms with Gasteiger partial charge in [0.1, 0.15) is 28.5 Å². The van der Waals surface area contributed by atoms with Crippen LogP contribution in [0.3, 0.4) is 0 Å². The van der Waals surface area contributed by atoms with E-state index in [9.17, 15) is 8.78 Å². The molecule has 13 rings (SSSR count). The molecule has 3 aromatic carbocycles. The van der Waals surface area contributed by atoms with E-state index in [1.165, 1.54) is 63.6 Å². The van der Waals surface area contributed by atoms with E-state index >= 15 is 0 Å². The maximum Gasteiger partial charge on any atom is 0.135 e. The van der Waals surface area contributed by atoms with Crippen molar-refractivity contribution < 1.29 is 8.78 Å². The molecule has 16 heteroatoms. The second-order valence-electron chi connectivity index (χ2n) is 23.0. The van der Waals surface area contributed by atoms with E-state index in [1.807, 2.05) is 88.6 Å². The Balaban J connectivity index is 0.000000183. The highest BCUT2D eigenvalue weighted by atomic mass is 19.1. The summed E-state index contributed by atoms with van der Waals surface area (Å²) in [6, 6.07) is 33.2. The Labute approximate surface area is 524 Å². The zero-order valence-electron chi connectivity index (χ0n) is 52.0. The average molecular weight is 1200 g/mol. The van der Waals surface area contributed by atoms with Crippen LogP contribution in [0.5, 0.6) is 0 Å². The number of aliphatic imine (C=N–C) groups is 1. The van der Waals surface area contributed by atoms with Gasteiger partial charge in [0.15, 0.2) is 0 Å². The number of nitrogens with zero attached hydrogens (tertiary/aromatic N) is 10. The van der Waals surface area contributed by atoms with Crippen LogP contribution in [0, 0.1) is 18.6 Å². The number of rotatable bonds is 20. The van der Waals surface area contributed by atoms with Gasteiger partial charge in [-0.05, 0) is 224 Å². The number of aromatic nitrogens is 11. The summed E-state index contributed by atoms with van der Waals surface area (Å²) in [5.41, 5.74) is 18.2. The minimum absolute atomic E-state index is 0.236. The molecular formula is C74H78F2N14. The predicted molar refractivity (Wildman–Crippen MR) is 361 cm³/mol. The Hall–Kier alpha value is -9.64. The van der Waals surface area contributed by atoms with Crippen LogP contribution >= 0.6 is 0 Å². The largest absolute Gasteiger partial charge is 0.357 e. The van der Waals surface area contributed by atoms with Crippen molar-refractivity contribution in [2.24, 2.45) is 4.99 Å². The number of benzene rings is 3. The van der Waals surface area contributed by atoms with E-state index in [4.69, 9.17) is 4.98 Å². The number of hydrogen-bond donors (Lipinski definition) is 4. The zero-order chi connectivity index (χ0) is 62.3. The lowest BCUT2D eigenvalue weighted by Crippen LogP contribution is -2.21. The van der Waals surface area contributed by atoms with E-state index in [0.29, 0.717) is 11.4 Å². The highest BCUT2D eigenvalue weighted by Crippen LogP contribution is 2.33. The molecule has 11 aromatic rings. The zero-order valence-corrected chi connectivity index (χ0v) is 52.0. The number of pyridine rings is 3. The van der Waals surface area contributed by atoms with Gasteiger partial charge in [-0.2, -0.15) is 10.2 Å². The van der Waals surface area contributed by atoms with Gasteiger partial charge < -0.3 is 19.8 Å². The normalized spacial score (nSPS) is 14.1. The lowest BCUT2D eigenvalue weighted by molar-refractivity contribution is 0.334. The van der Waals surface area contributed by atoms with Crippen molar-refractivity contribution in [3.8, 4) is 45.3 Å². The minimum Gasteiger partial charge on any atom is -0.357 e. The Kier molecular flexibility index (Phi) is 20.4. The molecule has 0 amide bonds. The van der Waals surface area contributed by atoms with Crippen LogP contribution in [0.15, 0.2) is 164 Å². The Morgan fingerprint density at radius 1 is 0.633 bits per heavy atom. The Morgan fingerprint density at radius 3 is 2.07 bits per heavy atom. The van der Waals surface area contributed by atoms with E-state index < -0.39 is 0 Å². The van der Waals surface area contributed by atoms with Crippen LogP contribution in [-0.4, -0.2) is 110 Å². The minimum atomic E-state index is -0.262. The highest BCUT2D eigenvalue weighted by molar-refractivity contribution is 6.14. The van der Waals surface area contributed by atoms with E-state index in [-0.39, 0.29) is 11.6 Å². The third kappa shape index (κ3) is 15.1. The summed E-state index contributed by atoms with van der Waals surface area (Å²) in [5, 5.41) is 17.9. The molecule has 90 heavy (non-hydrogen) atoms. The molecule has 0 radical (unpaired) electrons. The summed E-state index contributed by atoms with van der Waals surface area (Å²) in [5.74, 6) is -0.497. The van der Waals surface area contributed by atoms with Gasteiger partial charge in [0.05, 0.1) is 51.2 Å². The molecule has 10 heterocycles. The van der Waals surface area contributed by atoms with Gasteiger partial charge in [0, 0.05) is 81.3 Å². The maximum atomic E-state index is 15.0. The molecule has 0 bridgehead atoms. The smallest absolute Gasteiger partial charge is 0.135 e. The van der Waals surface area contributed by atoms with Crippen LogP contribution in [0.1, 0.15) is 104 Å². The summed E-state index contributed by atoms with van der Waals surface area (Å²) in [4.78, 5) is 39.3. The number of aryl methyl sites for hydroxylation is 5. The van der Waals surface area contributed by atoms with Crippen LogP contribution in [0.25, 0.3) is 85.5 Å². The molecular weight excluding hydrogens is 1120 g/mol. The summed E-state index contributed by atoms with van der Waals surface area (Å²) in [6.45, 7) is 22.9. The fraction of sp³-hybridized carbons (Fsp3) is 0.270. The summed E-state index contributed by atoms with van der Waals surface area (Å²) in [6.07, 6.45) is 26.7. The number of H-pyrrole nitrogens is 4. The van der Waals surface area contributed by atoms with E-state index in [1.54, 1.807) is 49.1 Å². The van der Waals surface area contributed by atoms with Crippen molar-refractivity contribution in [2.45, 2.75) is 91.9 Å². The van der Waals surface area contributed by atoms with Crippen LogP contribution in [0.2, 0.25) is 0 Å². The van der Waals surface area contributed by atoms with Crippen LogP contribution in [-0.2, 0) is 25.7 Å². The third-order valence-electron chi connectivity index (χ3n) is 16.7. The number of likely N-dealkylation sites (tertiary alicyclic amines) is 2. The topological polar surface area (TPSA) is 172 Å². The maximum absolute atomic E-state index is 15.0. The van der Waals surface area contributed by atoms with E-state index in [0.717, 1.165) is 168 Å². The molecule has 4 N–H and O–H groups in total. The monoisotopic (exact) mass is 1200 g/mol. The van der Waals surface area contributed by atoms with Gasteiger partial charge in [-0.15, -0.1) is 0 Å². The van der Waals surface area contributed by atoms with Crippen LogP contribution in [0.4, 0.5) is 8.78 Å². The fourth-order valence-electron chi connectivity index (χ4n) is 12.1. The average Bonchev–Trinajstić information content (AvgIpc) is 1.67. The molecule has 2 aliphatic rings. The number of halogens is 2. The first-order valence-electron chi connectivity index (χ1n) is 31.5. The van der Waals surface area contributed by atoms with Crippen molar-refractivity contribution >= 4 is 45.9 Å². The molecule has 2 saturated heterocycles. The molecule has 14 nitrogen and oxygen atoms in total. The molecule has 0 atom stereocenters. The molecule has 2 fully saturated rings. The SMILES string of the molecule is C=CN=C(c1cc(F)cc(CCCN2CCCC2)c1)c1cc(-c2n[nH]c3ccc(-c4cncc(CCc5ccccc5)c4)nc23)[nH]c1C.C=c1c(-c2cc3c(-c4cc(F)cc(CCCN5CCCC5)c4)nccc3[nH]2)n[nH]/c1=C/C=C(\C)c1cnccn1.CC. The molecule has 0 saturated carbocycles. The van der Waals surface area contributed by atoms with Gasteiger partial charge in [-0.1, -0.05) is 63.4 Å². The second-order valence-corrected chi connectivity index (χ2v) is 23.0.